The Hall–Kier alpha value is -2.11. The van der Waals surface area contributed by atoms with E-state index >= 15 is 0 Å². The summed E-state index contributed by atoms with van der Waals surface area (Å²) in [4.78, 5) is 15.3. The van der Waals surface area contributed by atoms with Crippen LogP contribution in [0.2, 0.25) is 0 Å². The molecule has 0 radical (unpaired) electrons. The predicted octanol–water partition coefficient (Wildman–Crippen LogP) is 3.87. The number of carbonyl (C=O) groups is 1. The van der Waals surface area contributed by atoms with Crippen LogP contribution in [-0.4, -0.2) is 64.4 Å². The normalized spacial score (nSPS) is 24.4. The number of nitrogens with zero attached hydrogens (tertiary/aromatic N) is 3. The number of hydrazine groups is 1. The van der Waals surface area contributed by atoms with Crippen LogP contribution in [0.4, 0.5) is 4.79 Å². The van der Waals surface area contributed by atoms with Crippen molar-refractivity contribution < 1.29 is 9.90 Å². The molecule has 1 saturated carbocycles. The molecule has 2 fully saturated rings. The van der Waals surface area contributed by atoms with E-state index in [0.29, 0.717) is 32.0 Å². The van der Waals surface area contributed by atoms with Crippen molar-refractivity contribution in [3.05, 3.63) is 61.2 Å². The van der Waals surface area contributed by atoms with Gasteiger partial charge in [0.15, 0.2) is 0 Å². The minimum absolute atomic E-state index is 0.0712. The molecule has 1 N–H and O–H groups in total. The Bertz CT molecular complexity index is 672. The fraction of sp³-hybridized carbons (Fsp3) is 0.542. The average molecular weight is 398 g/mol. The SMILES string of the molecule is C=CCN1C(=O)N(CC=C)N(CC2CCCCC2)CC(O)C1Cc1ccccc1. The molecule has 1 aromatic carbocycles. The molecule has 1 heterocycles. The second kappa shape index (κ2) is 10.6. The minimum Gasteiger partial charge on any atom is -0.390 e. The standard InChI is InChI=1S/C24H35N3O2/c1-3-15-26-22(17-20-11-7-5-8-12-20)23(28)19-25(27(16-4-2)24(26)29)18-21-13-9-6-10-14-21/h3-5,7-8,11-12,21-23,28H,1-2,6,9-10,13-19H2. The maximum absolute atomic E-state index is 13.5. The van der Waals surface area contributed by atoms with E-state index in [4.69, 9.17) is 0 Å². The number of hydrogen-bond donors (Lipinski definition) is 1. The molecule has 2 atom stereocenters. The lowest BCUT2D eigenvalue weighted by Gasteiger charge is -2.37. The third kappa shape index (κ3) is 5.49. The largest absolute Gasteiger partial charge is 0.390 e. The molecule has 1 aromatic rings. The molecule has 2 aliphatic rings. The van der Waals surface area contributed by atoms with E-state index in [1.54, 1.807) is 22.1 Å². The molecular formula is C24H35N3O2. The first-order chi connectivity index (χ1) is 14.1. The number of aliphatic hydroxyl groups is 1. The second-order valence-electron chi connectivity index (χ2n) is 8.29. The number of urea groups is 1. The lowest BCUT2D eigenvalue weighted by atomic mass is 9.89. The van der Waals surface area contributed by atoms with Gasteiger partial charge in [0, 0.05) is 19.6 Å². The molecule has 0 spiro atoms. The van der Waals surface area contributed by atoms with Crippen LogP contribution in [-0.2, 0) is 6.42 Å². The van der Waals surface area contributed by atoms with E-state index in [0.717, 1.165) is 12.1 Å². The van der Waals surface area contributed by atoms with Gasteiger partial charge in [-0.15, -0.1) is 13.2 Å². The van der Waals surface area contributed by atoms with Crippen LogP contribution in [0.3, 0.4) is 0 Å². The molecule has 2 amide bonds. The Morgan fingerprint density at radius 1 is 1.03 bits per heavy atom. The van der Waals surface area contributed by atoms with Crippen molar-refractivity contribution in [3.63, 3.8) is 0 Å². The maximum Gasteiger partial charge on any atom is 0.335 e. The van der Waals surface area contributed by atoms with Crippen molar-refractivity contribution in [1.82, 2.24) is 14.9 Å². The van der Waals surface area contributed by atoms with Crippen molar-refractivity contribution >= 4 is 6.03 Å². The van der Waals surface area contributed by atoms with Crippen LogP contribution in [0.15, 0.2) is 55.6 Å². The van der Waals surface area contributed by atoms with Gasteiger partial charge in [0.2, 0.25) is 0 Å². The van der Waals surface area contributed by atoms with Gasteiger partial charge in [0.05, 0.1) is 18.7 Å². The van der Waals surface area contributed by atoms with Crippen molar-refractivity contribution in [2.75, 3.05) is 26.2 Å². The zero-order valence-electron chi connectivity index (χ0n) is 17.5. The summed E-state index contributed by atoms with van der Waals surface area (Å²) in [6.45, 7) is 9.84. The van der Waals surface area contributed by atoms with E-state index in [1.807, 2.05) is 18.2 Å². The van der Waals surface area contributed by atoms with E-state index in [1.165, 1.54) is 32.1 Å². The van der Waals surface area contributed by atoms with E-state index in [2.05, 4.69) is 30.3 Å². The summed E-state index contributed by atoms with van der Waals surface area (Å²) < 4.78 is 0. The van der Waals surface area contributed by atoms with Crippen LogP contribution in [0, 0.1) is 5.92 Å². The third-order valence-electron chi connectivity index (χ3n) is 6.16. The summed E-state index contributed by atoms with van der Waals surface area (Å²) in [5.74, 6) is 0.578. The molecule has 3 rings (SSSR count). The Labute approximate surface area is 175 Å². The fourth-order valence-corrected chi connectivity index (χ4v) is 4.67. The van der Waals surface area contributed by atoms with E-state index < -0.39 is 6.10 Å². The summed E-state index contributed by atoms with van der Waals surface area (Å²) in [5.41, 5.74) is 1.12. The summed E-state index contributed by atoms with van der Waals surface area (Å²) in [6, 6.07) is 9.72. The third-order valence-corrected chi connectivity index (χ3v) is 6.16. The molecule has 1 aliphatic carbocycles. The van der Waals surface area contributed by atoms with Crippen molar-refractivity contribution in [2.45, 2.75) is 50.7 Å². The van der Waals surface area contributed by atoms with Gasteiger partial charge in [-0.2, -0.15) is 0 Å². The Kier molecular flexibility index (Phi) is 7.90. The first-order valence-electron chi connectivity index (χ1n) is 10.9. The van der Waals surface area contributed by atoms with Gasteiger partial charge in [-0.1, -0.05) is 61.7 Å². The number of rotatable bonds is 8. The Balaban J connectivity index is 1.85. The van der Waals surface area contributed by atoms with Gasteiger partial charge in [-0.05, 0) is 30.7 Å². The molecule has 1 aliphatic heterocycles. The lowest BCUT2D eigenvalue weighted by Crippen LogP contribution is -2.52. The predicted molar refractivity (Wildman–Crippen MR) is 117 cm³/mol. The molecule has 29 heavy (non-hydrogen) atoms. The Morgan fingerprint density at radius 3 is 2.38 bits per heavy atom. The summed E-state index contributed by atoms with van der Waals surface area (Å²) in [7, 11) is 0. The Morgan fingerprint density at radius 2 is 1.72 bits per heavy atom. The van der Waals surface area contributed by atoms with Crippen LogP contribution in [0.25, 0.3) is 0 Å². The summed E-state index contributed by atoms with van der Waals surface area (Å²) in [5, 5.41) is 15.0. The lowest BCUT2D eigenvalue weighted by molar-refractivity contribution is -0.0165. The molecule has 5 nitrogen and oxygen atoms in total. The maximum atomic E-state index is 13.5. The second-order valence-corrected chi connectivity index (χ2v) is 8.29. The number of aliphatic hydroxyl groups excluding tert-OH is 1. The fourth-order valence-electron chi connectivity index (χ4n) is 4.67. The molecule has 158 valence electrons. The molecule has 2 unspecified atom stereocenters. The van der Waals surface area contributed by atoms with Crippen LogP contribution < -0.4 is 0 Å². The minimum atomic E-state index is -0.627. The van der Waals surface area contributed by atoms with Gasteiger partial charge in [-0.3, -0.25) is 5.01 Å². The van der Waals surface area contributed by atoms with Gasteiger partial charge in [0.25, 0.3) is 0 Å². The number of carbonyl (C=O) groups excluding carboxylic acids is 1. The van der Waals surface area contributed by atoms with Crippen molar-refractivity contribution in [3.8, 4) is 0 Å². The van der Waals surface area contributed by atoms with E-state index in [9.17, 15) is 9.90 Å². The van der Waals surface area contributed by atoms with Crippen molar-refractivity contribution in [1.29, 1.82) is 0 Å². The van der Waals surface area contributed by atoms with Crippen LogP contribution in [0.1, 0.15) is 37.7 Å². The highest BCUT2D eigenvalue weighted by Crippen LogP contribution is 2.27. The van der Waals surface area contributed by atoms with E-state index in [-0.39, 0.29) is 12.1 Å². The molecule has 0 aromatic heterocycles. The smallest absolute Gasteiger partial charge is 0.335 e. The first-order valence-corrected chi connectivity index (χ1v) is 10.9. The number of hydrogen-bond acceptors (Lipinski definition) is 3. The molecule has 5 heteroatoms. The highest BCUT2D eigenvalue weighted by molar-refractivity contribution is 5.75. The zero-order chi connectivity index (χ0) is 20.6. The molecule has 1 saturated heterocycles. The van der Waals surface area contributed by atoms with Crippen LogP contribution in [0.5, 0.6) is 0 Å². The molecular weight excluding hydrogens is 362 g/mol. The van der Waals surface area contributed by atoms with Gasteiger partial charge in [0.1, 0.15) is 0 Å². The monoisotopic (exact) mass is 397 g/mol. The van der Waals surface area contributed by atoms with Gasteiger partial charge >= 0.3 is 6.03 Å². The van der Waals surface area contributed by atoms with Gasteiger partial charge in [-0.25, -0.2) is 9.80 Å². The van der Waals surface area contributed by atoms with Crippen LogP contribution >= 0.6 is 0 Å². The van der Waals surface area contributed by atoms with Crippen molar-refractivity contribution in [2.24, 2.45) is 5.92 Å². The van der Waals surface area contributed by atoms with Gasteiger partial charge < -0.3 is 10.0 Å². The topological polar surface area (TPSA) is 47.0 Å². The first kappa shape index (κ1) is 21.6. The highest BCUT2D eigenvalue weighted by atomic mass is 16.3. The quantitative estimate of drug-likeness (QED) is 0.678. The number of benzene rings is 1. The zero-order valence-corrected chi connectivity index (χ0v) is 17.5. The summed E-state index contributed by atoms with van der Waals surface area (Å²) >= 11 is 0. The number of amides is 2. The molecule has 0 bridgehead atoms. The number of β-amino-alcohol motifs (C(OH)–C–C–N with tert-alkyl or cyclic N) is 1. The summed E-state index contributed by atoms with van der Waals surface area (Å²) in [6.07, 6.45) is 9.73. The average Bonchev–Trinajstić information content (AvgIpc) is 2.82. The highest BCUT2D eigenvalue weighted by Gasteiger charge is 2.39.